The molecule has 2 N–H and O–H groups in total. The number of carbonyl (C=O) groups excluding carboxylic acids is 1. The molecule has 0 bridgehead atoms. The molecule has 1 aromatic carbocycles. The number of hydrogen-bond acceptors (Lipinski definition) is 7. The van der Waals surface area contributed by atoms with E-state index in [-0.39, 0.29) is 6.61 Å². The quantitative estimate of drug-likeness (QED) is 0.366. The number of hydrogen-bond donors (Lipinski definition) is 2. The van der Waals surface area contributed by atoms with Crippen molar-refractivity contribution in [2.75, 3.05) is 5.32 Å². The van der Waals surface area contributed by atoms with Crippen LogP contribution in [-0.2, 0) is 21.6 Å². The van der Waals surface area contributed by atoms with Crippen LogP contribution in [0.3, 0.4) is 0 Å². The van der Waals surface area contributed by atoms with Crippen molar-refractivity contribution in [2.24, 2.45) is 0 Å². The number of amides is 1. The summed E-state index contributed by atoms with van der Waals surface area (Å²) in [6.45, 7) is 1.83. The summed E-state index contributed by atoms with van der Waals surface area (Å²) >= 11 is 3.01. The molecule has 5 rings (SSSR count). The van der Waals surface area contributed by atoms with Crippen LogP contribution < -0.4 is 5.32 Å². The zero-order chi connectivity index (χ0) is 23.0. The first-order chi connectivity index (χ1) is 15.9. The Labute approximate surface area is 197 Å². The molecule has 1 fully saturated rings. The predicted octanol–water partition coefficient (Wildman–Crippen LogP) is 5.52. The van der Waals surface area contributed by atoms with Gasteiger partial charge in [-0.15, -0.1) is 22.7 Å². The zero-order valence-electron chi connectivity index (χ0n) is 17.5. The number of anilines is 1. The Morgan fingerprint density at radius 2 is 1.94 bits per heavy atom. The monoisotopic (exact) mass is 478 g/mol. The number of aliphatic carboxylic acids is 1. The van der Waals surface area contributed by atoms with Gasteiger partial charge in [-0.3, -0.25) is 10.1 Å². The van der Waals surface area contributed by atoms with Gasteiger partial charge in [-0.25, -0.2) is 4.79 Å². The first-order valence-corrected chi connectivity index (χ1v) is 11.8. The molecule has 4 aromatic rings. The first kappa shape index (κ1) is 21.2. The molecule has 0 atom stereocenters. The minimum absolute atomic E-state index is 0.148. The predicted molar refractivity (Wildman–Crippen MR) is 126 cm³/mol. The number of benzene rings is 1. The average Bonchev–Trinajstić information content (AvgIpc) is 3.24. The molecule has 3 aromatic heterocycles. The molecule has 0 aliphatic heterocycles. The number of carboxylic acids is 1. The van der Waals surface area contributed by atoms with Crippen molar-refractivity contribution in [1.82, 2.24) is 5.16 Å². The van der Waals surface area contributed by atoms with Gasteiger partial charge in [0.05, 0.1) is 4.88 Å². The second-order valence-corrected chi connectivity index (χ2v) is 9.90. The first-order valence-electron chi connectivity index (χ1n) is 10.2. The van der Waals surface area contributed by atoms with Gasteiger partial charge < -0.3 is 14.4 Å². The number of ether oxygens (including phenoxy) is 1. The van der Waals surface area contributed by atoms with E-state index in [2.05, 4.69) is 22.3 Å². The Balaban J connectivity index is 1.29. The van der Waals surface area contributed by atoms with Crippen LogP contribution in [-0.4, -0.2) is 22.3 Å². The lowest BCUT2D eigenvalue weighted by molar-refractivity contribution is -0.139. The highest BCUT2D eigenvalue weighted by Gasteiger charge is 2.53. The maximum absolute atomic E-state index is 12.2. The van der Waals surface area contributed by atoms with Gasteiger partial charge in [0.25, 0.3) is 0 Å². The molecule has 0 radical (unpaired) electrons. The standard InChI is InChI=1S/C24H18N2O5S2/c1-14-21(25-23(29)30-13-15-5-3-2-4-6-15)17(26-31-14)8-7-16-11-18-19(32-16)12-20(33-18)24(9-10-24)22(27)28/h2-6,11-12H,9-10,13H2,1H3,(H,25,29)(H,27,28). The smallest absolute Gasteiger partial charge is 0.412 e. The molecule has 1 aliphatic rings. The number of rotatable bonds is 5. The highest BCUT2D eigenvalue weighted by molar-refractivity contribution is 7.28. The van der Waals surface area contributed by atoms with Gasteiger partial charge in [0.1, 0.15) is 17.7 Å². The van der Waals surface area contributed by atoms with Gasteiger partial charge in [0.15, 0.2) is 11.5 Å². The summed E-state index contributed by atoms with van der Waals surface area (Å²) < 4.78 is 12.5. The molecule has 0 saturated heterocycles. The summed E-state index contributed by atoms with van der Waals surface area (Å²) in [4.78, 5) is 25.5. The number of aryl methyl sites for hydroxylation is 1. The van der Waals surface area contributed by atoms with Crippen LogP contribution in [0.4, 0.5) is 10.5 Å². The van der Waals surface area contributed by atoms with Crippen LogP contribution in [0.1, 0.15) is 39.6 Å². The van der Waals surface area contributed by atoms with Crippen LogP contribution in [0.5, 0.6) is 0 Å². The Hall–Kier alpha value is -3.61. The van der Waals surface area contributed by atoms with E-state index in [9.17, 15) is 14.7 Å². The number of fused-ring (bicyclic) bond motifs is 1. The third-order valence-electron chi connectivity index (χ3n) is 5.44. The normalized spacial score (nSPS) is 13.8. The van der Waals surface area contributed by atoms with Crippen molar-refractivity contribution in [3.63, 3.8) is 0 Å². The minimum atomic E-state index is -0.750. The van der Waals surface area contributed by atoms with Crippen molar-refractivity contribution < 1.29 is 24.0 Å². The molecule has 9 heteroatoms. The molecule has 3 heterocycles. The minimum Gasteiger partial charge on any atom is -0.481 e. The second-order valence-electron chi connectivity index (χ2n) is 7.74. The van der Waals surface area contributed by atoms with Gasteiger partial charge in [0.2, 0.25) is 0 Å². The van der Waals surface area contributed by atoms with Crippen LogP contribution >= 0.6 is 22.7 Å². The van der Waals surface area contributed by atoms with Crippen LogP contribution in [0.25, 0.3) is 9.40 Å². The lowest BCUT2D eigenvalue weighted by Crippen LogP contribution is -2.17. The van der Waals surface area contributed by atoms with Gasteiger partial charge in [-0.2, -0.15) is 0 Å². The van der Waals surface area contributed by atoms with Crippen molar-refractivity contribution >= 4 is 49.8 Å². The van der Waals surface area contributed by atoms with Gasteiger partial charge >= 0.3 is 12.1 Å². The third kappa shape index (κ3) is 4.23. The van der Waals surface area contributed by atoms with Crippen LogP contribution in [0, 0.1) is 18.8 Å². The summed E-state index contributed by atoms with van der Waals surface area (Å²) in [6.07, 6.45) is 0.764. The summed E-state index contributed by atoms with van der Waals surface area (Å²) in [5, 5.41) is 16.1. The van der Waals surface area contributed by atoms with E-state index < -0.39 is 17.5 Å². The van der Waals surface area contributed by atoms with E-state index in [1.807, 2.05) is 42.5 Å². The van der Waals surface area contributed by atoms with Gasteiger partial charge in [-0.05, 0) is 49.3 Å². The molecule has 1 amide bonds. The number of aromatic nitrogens is 1. The van der Waals surface area contributed by atoms with E-state index in [4.69, 9.17) is 9.26 Å². The molecule has 7 nitrogen and oxygen atoms in total. The molecule has 1 saturated carbocycles. The zero-order valence-corrected chi connectivity index (χ0v) is 19.1. The second kappa shape index (κ2) is 8.39. The fourth-order valence-electron chi connectivity index (χ4n) is 3.41. The van der Waals surface area contributed by atoms with E-state index in [1.165, 1.54) is 22.7 Å². The van der Waals surface area contributed by atoms with Crippen molar-refractivity contribution in [3.8, 4) is 11.8 Å². The average molecular weight is 479 g/mol. The van der Waals surface area contributed by atoms with Crippen molar-refractivity contribution in [3.05, 3.63) is 69.2 Å². The highest BCUT2D eigenvalue weighted by atomic mass is 32.1. The van der Waals surface area contributed by atoms with Crippen LogP contribution in [0.2, 0.25) is 0 Å². The van der Waals surface area contributed by atoms with Gasteiger partial charge in [-0.1, -0.05) is 35.5 Å². The van der Waals surface area contributed by atoms with Gasteiger partial charge in [0, 0.05) is 14.3 Å². The molecule has 0 spiro atoms. The lowest BCUT2D eigenvalue weighted by atomic mass is 10.1. The fraction of sp³-hybridized carbons (Fsp3) is 0.208. The number of carboxylic acid groups (broad SMARTS) is 1. The Bertz CT molecular complexity index is 1390. The summed E-state index contributed by atoms with van der Waals surface area (Å²) in [6, 6.07) is 13.3. The summed E-state index contributed by atoms with van der Waals surface area (Å²) in [5.74, 6) is 5.69. The Kier molecular flexibility index (Phi) is 5.40. The molecular weight excluding hydrogens is 460 g/mol. The maximum Gasteiger partial charge on any atom is 0.412 e. The van der Waals surface area contributed by atoms with Crippen LogP contribution in [0.15, 0.2) is 47.0 Å². The lowest BCUT2D eigenvalue weighted by Gasteiger charge is -2.06. The fourth-order valence-corrected chi connectivity index (χ4v) is 5.90. The molecule has 166 valence electrons. The van der Waals surface area contributed by atoms with E-state index in [0.29, 0.717) is 30.0 Å². The SMILES string of the molecule is Cc1onc(C#Cc2cc3sc(C4(C(=O)O)CC4)cc3s2)c1NC(=O)OCc1ccccc1. The summed E-state index contributed by atoms with van der Waals surface area (Å²) in [5.41, 5.74) is 0.873. The topological polar surface area (TPSA) is 102 Å². The number of carbonyl (C=O) groups is 2. The highest BCUT2D eigenvalue weighted by Crippen LogP contribution is 2.52. The number of nitrogens with one attached hydrogen (secondary N) is 1. The van der Waals surface area contributed by atoms with E-state index in [0.717, 1.165) is 24.7 Å². The third-order valence-corrected chi connectivity index (χ3v) is 7.86. The van der Waals surface area contributed by atoms with E-state index in [1.54, 1.807) is 6.92 Å². The van der Waals surface area contributed by atoms with Crippen molar-refractivity contribution in [2.45, 2.75) is 31.8 Å². The largest absolute Gasteiger partial charge is 0.481 e. The Morgan fingerprint density at radius 1 is 1.18 bits per heavy atom. The van der Waals surface area contributed by atoms with E-state index >= 15 is 0 Å². The Morgan fingerprint density at radius 3 is 2.64 bits per heavy atom. The summed E-state index contributed by atoms with van der Waals surface area (Å²) in [7, 11) is 0. The van der Waals surface area contributed by atoms with Crippen molar-refractivity contribution in [1.29, 1.82) is 0 Å². The molecule has 1 aliphatic carbocycles. The maximum atomic E-state index is 12.2. The molecule has 0 unspecified atom stereocenters. The number of thiophene rings is 2. The number of nitrogens with zero attached hydrogens (tertiary/aromatic N) is 1. The molecule has 33 heavy (non-hydrogen) atoms. The molecular formula is C24H18N2O5S2.